The van der Waals surface area contributed by atoms with Crippen molar-refractivity contribution in [1.82, 2.24) is 0 Å². The zero-order valence-electron chi connectivity index (χ0n) is 20.5. The standard InChI is InChI=1S/C29H27N2O6P/c30-28-24-16-22(14-15-25(24)37-26-13-7-12-23(27(26)28)29(31)32)19-36-38(33,34-17-20-8-3-1-4-9-20)35-18-21-10-5-2-6-11-21/h1-15,22,30H,16-19H2,(H2,31,32). The molecule has 9 heteroatoms. The summed E-state index contributed by atoms with van der Waals surface area (Å²) in [5, 5.41) is 9.32. The molecule has 38 heavy (non-hydrogen) atoms. The second-order valence-corrected chi connectivity index (χ2v) is 10.6. The lowest BCUT2D eigenvalue weighted by molar-refractivity contribution is 0.0950. The van der Waals surface area contributed by atoms with Crippen molar-refractivity contribution >= 4 is 30.8 Å². The van der Waals surface area contributed by atoms with E-state index in [0.29, 0.717) is 28.7 Å². The van der Waals surface area contributed by atoms with E-state index in [4.69, 9.17) is 29.1 Å². The Kier molecular flexibility index (Phi) is 7.67. The highest BCUT2D eigenvalue weighted by Crippen LogP contribution is 2.51. The third-order valence-corrected chi connectivity index (χ3v) is 7.61. The Bertz CT molecular complexity index is 1540. The molecule has 1 atom stereocenters. The number of hydrogen-bond donors (Lipinski definition) is 2. The number of benzene rings is 3. The van der Waals surface area contributed by atoms with Gasteiger partial charge in [0.2, 0.25) is 5.91 Å². The van der Waals surface area contributed by atoms with Gasteiger partial charge in [-0.05, 0) is 35.8 Å². The highest BCUT2D eigenvalue weighted by atomic mass is 31.2. The van der Waals surface area contributed by atoms with Crippen LogP contribution in [0, 0.1) is 11.3 Å². The predicted molar refractivity (Wildman–Crippen MR) is 143 cm³/mol. The SMILES string of the molecule is N=c1c2c(oc3cccc(C(N)=O)c13)C=CC(COP(=O)(OCc1ccccc1)OCc1ccccc1)C2. The molecule has 0 radical (unpaired) electrons. The maximum absolute atomic E-state index is 13.6. The van der Waals surface area contributed by atoms with Crippen molar-refractivity contribution in [3.05, 3.63) is 118 Å². The van der Waals surface area contributed by atoms with Gasteiger partial charge in [0.15, 0.2) is 0 Å². The molecule has 1 amide bonds. The quantitative estimate of drug-likeness (QED) is 0.251. The number of nitrogens with one attached hydrogen (secondary N) is 1. The summed E-state index contributed by atoms with van der Waals surface area (Å²) in [6.45, 7) is 0.160. The maximum Gasteiger partial charge on any atom is 0.475 e. The number of amides is 1. The predicted octanol–water partition coefficient (Wildman–Crippen LogP) is 5.75. The first kappa shape index (κ1) is 25.8. The summed E-state index contributed by atoms with van der Waals surface area (Å²) in [4.78, 5) is 11.9. The van der Waals surface area contributed by atoms with Crippen molar-refractivity contribution in [1.29, 1.82) is 5.41 Å². The lowest BCUT2D eigenvalue weighted by Gasteiger charge is -2.23. The Labute approximate surface area is 219 Å². The lowest BCUT2D eigenvalue weighted by atomic mass is 9.91. The van der Waals surface area contributed by atoms with Crippen molar-refractivity contribution in [3.8, 4) is 0 Å². The number of hydrogen-bond acceptors (Lipinski definition) is 7. The second-order valence-electron chi connectivity index (χ2n) is 8.95. The first-order valence-electron chi connectivity index (χ1n) is 12.1. The van der Waals surface area contributed by atoms with Crippen molar-refractivity contribution in [2.75, 3.05) is 6.61 Å². The van der Waals surface area contributed by atoms with E-state index in [2.05, 4.69) is 0 Å². The van der Waals surface area contributed by atoms with E-state index in [9.17, 15) is 9.36 Å². The molecular formula is C29H27N2O6P. The Balaban J connectivity index is 1.34. The largest absolute Gasteiger partial charge is 0.475 e. The molecule has 1 unspecified atom stereocenters. The van der Waals surface area contributed by atoms with E-state index in [1.807, 2.05) is 66.7 Å². The van der Waals surface area contributed by atoms with Gasteiger partial charge in [0.25, 0.3) is 0 Å². The zero-order chi connectivity index (χ0) is 26.5. The molecule has 1 aliphatic rings. The molecule has 0 saturated carbocycles. The molecule has 3 aromatic carbocycles. The number of carbonyl (C=O) groups is 1. The molecule has 0 bridgehead atoms. The van der Waals surface area contributed by atoms with E-state index in [0.717, 1.165) is 11.1 Å². The lowest BCUT2D eigenvalue weighted by Crippen LogP contribution is -2.23. The average molecular weight is 531 g/mol. The van der Waals surface area contributed by atoms with Crippen LogP contribution < -0.4 is 11.1 Å². The zero-order valence-corrected chi connectivity index (χ0v) is 21.4. The summed E-state index contributed by atoms with van der Waals surface area (Å²) in [5.41, 5.74) is 8.47. The Morgan fingerprint density at radius 2 is 1.55 bits per heavy atom. The van der Waals surface area contributed by atoms with E-state index in [-0.39, 0.29) is 36.7 Å². The summed E-state index contributed by atoms with van der Waals surface area (Å²) < 4.78 is 36.8. The minimum Gasteiger partial charge on any atom is -0.456 e. The first-order chi connectivity index (χ1) is 18.4. The summed E-state index contributed by atoms with van der Waals surface area (Å²) in [6, 6.07) is 23.7. The molecule has 0 aliphatic heterocycles. The van der Waals surface area contributed by atoms with Crippen LogP contribution in [0.25, 0.3) is 17.0 Å². The van der Waals surface area contributed by atoms with Gasteiger partial charge in [-0.3, -0.25) is 23.8 Å². The molecule has 4 aromatic rings. The Morgan fingerprint density at radius 3 is 2.16 bits per heavy atom. The molecule has 0 fully saturated rings. The van der Waals surface area contributed by atoms with Gasteiger partial charge >= 0.3 is 7.82 Å². The molecule has 8 nitrogen and oxygen atoms in total. The fraction of sp³-hybridized carbons (Fsp3) is 0.172. The van der Waals surface area contributed by atoms with Gasteiger partial charge in [0, 0.05) is 11.5 Å². The number of nitrogens with two attached hydrogens (primary N) is 1. The van der Waals surface area contributed by atoms with Crippen molar-refractivity contribution in [3.63, 3.8) is 0 Å². The minimum atomic E-state index is -3.94. The first-order valence-corrected chi connectivity index (χ1v) is 13.6. The Hall–Kier alpha value is -3.81. The fourth-order valence-electron chi connectivity index (χ4n) is 4.29. The molecule has 3 N–H and O–H groups in total. The van der Waals surface area contributed by atoms with Crippen LogP contribution in [0.2, 0.25) is 0 Å². The van der Waals surface area contributed by atoms with Gasteiger partial charge in [-0.15, -0.1) is 0 Å². The fourth-order valence-corrected chi connectivity index (χ4v) is 5.51. The van der Waals surface area contributed by atoms with Crippen LogP contribution in [-0.2, 0) is 37.8 Å². The van der Waals surface area contributed by atoms with E-state index < -0.39 is 13.7 Å². The van der Waals surface area contributed by atoms with Gasteiger partial charge in [0.05, 0.1) is 36.1 Å². The van der Waals surface area contributed by atoms with Crippen LogP contribution in [0.5, 0.6) is 0 Å². The molecule has 194 valence electrons. The van der Waals surface area contributed by atoms with Gasteiger partial charge in [-0.1, -0.05) is 72.8 Å². The summed E-state index contributed by atoms with van der Waals surface area (Å²) >= 11 is 0. The van der Waals surface area contributed by atoms with E-state index in [1.165, 1.54) is 0 Å². The van der Waals surface area contributed by atoms with Crippen molar-refractivity contribution < 1.29 is 27.3 Å². The van der Waals surface area contributed by atoms with Gasteiger partial charge in [-0.2, -0.15) is 0 Å². The molecule has 1 aliphatic carbocycles. The van der Waals surface area contributed by atoms with Gasteiger partial charge < -0.3 is 10.2 Å². The number of carbonyl (C=O) groups excluding carboxylic acids is 1. The molecular weight excluding hydrogens is 503 g/mol. The summed E-state index contributed by atoms with van der Waals surface area (Å²) in [6.07, 6.45) is 4.03. The molecule has 0 saturated heterocycles. The van der Waals surface area contributed by atoms with Crippen LogP contribution >= 0.6 is 7.82 Å². The third kappa shape index (κ3) is 5.85. The monoisotopic (exact) mass is 530 g/mol. The van der Waals surface area contributed by atoms with Gasteiger partial charge in [0.1, 0.15) is 11.3 Å². The van der Waals surface area contributed by atoms with Gasteiger partial charge in [-0.25, -0.2) is 4.57 Å². The normalized spacial score (nSPS) is 14.9. The van der Waals surface area contributed by atoms with Crippen LogP contribution in [0.4, 0.5) is 0 Å². The van der Waals surface area contributed by atoms with Crippen LogP contribution in [0.15, 0.2) is 89.4 Å². The number of rotatable bonds is 10. The highest BCUT2D eigenvalue weighted by Gasteiger charge is 2.30. The smallest absolute Gasteiger partial charge is 0.456 e. The van der Waals surface area contributed by atoms with Crippen LogP contribution in [-0.4, -0.2) is 12.5 Å². The second kappa shape index (κ2) is 11.3. The number of phosphoric ester groups is 1. The Morgan fingerprint density at radius 1 is 0.921 bits per heavy atom. The average Bonchev–Trinajstić information content (AvgIpc) is 2.95. The van der Waals surface area contributed by atoms with E-state index >= 15 is 0 Å². The topological polar surface area (TPSA) is 125 Å². The summed E-state index contributed by atoms with van der Waals surface area (Å²) in [5.74, 6) is -0.323. The van der Waals surface area contributed by atoms with Crippen molar-refractivity contribution in [2.45, 2.75) is 19.6 Å². The number of phosphoric acid groups is 1. The third-order valence-electron chi connectivity index (χ3n) is 6.26. The molecule has 0 spiro atoms. The number of fused-ring (bicyclic) bond motifs is 2. The minimum absolute atomic E-state index is 0.0335. The molecule has 1 heterocycles. The van der Waals surface area contributed by atoms with Crippen molar-refractivity contribution in [2.24, 2.45) is 11.7 Å². The van der Waals surface area contributed by atoms with Crippen LogP contribution in [0.1, 0.15) is 32.8 Å². The summed E-state index contributed by atoms with van der Waals surface area (Å²) in [7, 11) is -3.94. The molecule has 1 aromatic heterocycles. The van der Waals surface area contributed by atoms with Crippen LogP contribution in [0.3, 0.4) is 0 Å². The number of primary amides is 1. The van der Waals surface area contributed by atoms with E-state index in [1.54, 1.807) is 24.3 Å². The maximum atomic E-state index is 13.6. The highest BCUT2D eigenvalue weighted by molar-refractivity contribution is 7.48. The molecule has 5 rings (SSSR count).